The van der Waals surface area contributed by atoms with Gasteiger partial charge in [0.05, 0.1) is 48.9 Å². The van der Waals surface area contributed by atoms with Crippen LogP contribution in [0.25, 0.3) is 0 Å². The van der Waals surface area contributed by atoms with Gasteiger partial charge in [-0.05, 0) is 121 Å². The molecule has 26 heteroatoms. The summed E-state index contributed by atoms with van der Waals surface area (Å²) in [6.45, 7) is 10.8. The van der Waals surface area contributed by atoms with Crippen molar-refractivity contribution in [2.45, 2.75) is 250 Å². The number of aromatic amines is 1. The Morgan fingerprint density at radius 1 is 0.670 bits per heavy atom. The fourth-order valence-corrected chi connectivity index (χ4v) is 11.9. The lowest BCUT2D eigenvalue weighted by atomic mass is 9.88. The molecule has 1 aromatic heterocycles. The molecule has 1 fully saturated rings. The van der Waals surface area contributed by atoms with E-state index < -0.39 is 126 Å². The van der Waals surface area contributed by atoms with Crippen LogP contribution in [0.5, 0.6) is 0 Å². The number of ketones is 4. The van der Waals surface area contributed by atoms with Crippen LogP contribution in [-0.2, 0) is 59.2 Å². The van der Waals surface area contributed by atoms with Gasteiger partial charge in [-0.25, -0.2) is 4.98 Å². The molecule has 0 bridgehead atoms. The lowest BCUT2D eigenvalue weighted by Crippen LogP contribution is -2.56. The Hall–Kier alpha value is -5.28. The molecule has 0 radical (unpaired) electrons. The molecule has 6 amide bonds. The molecule has 0 unspecified atom stereocenters. The van der Waals surface area contributed by atoms with Crippen LogP contribution in [0.3, 0.4) is 0 Å². The summed E-state index contributed by atoms with van der Waals surface area (Å²) < 4.78 is 0. The molecule has 2 heterocycles. The van der Waals surface area contributed by atoms with Crippen LogP contribution in [0.4, 0.5) is 0 Å². The van der Waals surface area contributed by atoms with E-state index in [1.165, 1.54) is 24.3 Å². The number of carbonyl (C=O) groups excluding carboxylic acids is 10. The second-order valence-electron chi connectivity index (χ2n) is 25.7. The number of carboxylic acid groups (broad SMARTS) is 1. The topological polar surface area (TPSA) is 413 Å². The normalized spacial score (nSPS) is 20.9. The summed E-state index contributed by atoms with van der Waals surface area (Å²) in [6, 6.07) is -7.14. The van der Waals surface area contributed by atoms with E-state index in [9.17, 15) is 57.8 Å². The lowest BCUT2D eigenvalue weighted by molar-refractivity contribution is -0.141. The first-order chi connectivity index (χ1) is 43.4. The minimum Gasteiger partial charge on any atom is -0.481 e. The number of nitrogens with zero attached hydrogens (tertiary/aromatic N) is 1. The first kappa shape index (κ1) is 81.8. The molecule has 11 atom stereocenters. The molecule has 1 saturated heterocycles. The van der Waals surface area contributed by atoms with E-state index in [2.05, 4.69) is 54.5 Å². The largest absolute Gasteiger partial charge is 0.481 e. The average Bonchev–Trinajstić information content (AvgIpc) is 3.98. The number of imidazole rings is 1. The van der Waals surface area contributed by atoms with Crippen molar-refractivity contribution in [2.24, 2.45) is 58.4 Å². The number of rotatable bonds is 37. The summed E-state index contributed by atoms with van der Waals surface area (Å²) in [5.41, 5.74) is 24.2. The molecule has 0 aliphatic carbocycles. The molecular weight excluding hydrogens is 1200 g/mol. The highest BCUT2D eigenvalue weighted by atomic mass is 32.2. The monoisotopic (exact) mass is 1320 g/mol. The van der Waals surface area contributed by atoms with Crippen LogP contribution >= 0.6 is 24.4 Å². The second-order valence-corrected chi connectivity index (χ2v) is 27.0. The van der Waals surface area contributed by atoms with Gasteiger partial charge in [0, 0.05) is 73.5 Å². The lowest BCUT2D eigenvalue weighted by Gasteiger charge is -2.27. The van der Waals surface area contributed by atoms with Crippen LogP contribution in [0, 0.1) is 35.5 Å². The fraction of sp³-hybridized carbons (Fsp3) is 0.785. The van der Waals surface area contributed by atoms with Gasteiger partial charge in [-0.1, -0.05) is 91.9 Å². The molecule has 2 rings (SSSR count). The van der Waals surface area contributed by atoms with Crippen molar-refractivity contribution >= 4 is 88.9 Å². The van der Waals surface area contributed by atoms with Crippen molar-refractivity contribution in [3.8, 4) is 0 Å². The Kier molecular flexibility index (Phi) is 42.0. The molecular formula is C65H114N12O12S2. The SMILES string of the molecule is CSCC[C@@H]1CC(=O)[C@@H](NC(=O)[C@H](CS)CC(=O)[C@H](CC(=O)O)NC(=O)[C@H](Cc2cnc[nH]2)NC(=O)[C@@H](N)CC(C)C)CCCCCCCCCC[C@@H](C(=O)C[C@@H](CCCCN)C(=O)N[C@H](C)C(C)C)NC(=O)[C@H](CCCCN)CC(=O)[C@H](CCCCN)NC1=O. The van der Waals surface area contributed by atoms with Gasteiger partial charge >= 0.3 is 5.97 Å². The third-order valence-electron chi connectivity index (χ3n) is 17.1. The average molecular weight is 1320 g/mol. The molecule has 91 heavy (non-hydrogen) atoms. The van der Waals surface area contributed by atoms with Crippen molar-refractivity contribution in [3.63, 3.8) is 0 Å². The second kappa shape index (κ2) is 46.7. The van der Waals surface area contributed by atoms with Gasteiger partial charge in [0.25, 0.3) is 0 Å². The number of thioether (sulfide) groups is 1. The number of nitrogens with two attached hydrogens (primary N) is 4. The number of Topliss-reactive ketones (excluding diaryl/α,β-unsaturated/α-hetero) is 4. The molecule has 16 N–H and O–H groups in total. The van der Waals surface area contributed by atoms with Gasteiger partial charge in [0.1, 0.15) is 6.04 Å². The summed E-state index contributed by atoms with van der Waals surface area (Å²) in [6.07, 6.45) is 13.8. The first-order valence-corrected chi connectivity index (χ1v) is 35.5. The minimum atomic E-state index is -1.64. The molecule has 1 aromatic rings. The molecule has 1 aliphatic rings. The highest BCUT2D eigenvalue weighted by molar-refractivity contribution is 7.98. The molecule has 0 saturated carbocycles. The van der Waals surface area contributed by atoms with Crippen molar-refractivity contribution in [3.05, 3.63) is 18.2 Å². The number of aliphatic carboxylic acids is 1. The molecule has 24 nitrogen and oxygen atoms in total. The van der Waals surface area contributed by atoms with Crippen LogP contribution in [0.1, 0.15) is 207 Å². The zero-order valence-electron chi connectivity index (χ0n) is 55.3. The Morgan fingerprint density at radius 2 is 1.25 bits per heavy atom. The van der Waals surface area contributed by atoms with Crippen molar-refractivity contribution < 1.29 is 57.8 Å². The number of carboxylic acids is 1. The summed E-state index contributed by atoms with van der Waals surface area (Å²) >= 11 is 5.87. The van der Waals surface area contributed by atoms with E-state index in [0.29, 0.717) is 108 Å². The predicted octanol–water partition coefficient (Wildman–Crippen LogP) is 4.67. The summed E-state index contributed by atoms with van der Waals surface area (Å²) in [7, 11) is 0. The van der Waals surface area contributed by atoms with Crippen LogP contribution < -0.4 is 54.8 Å². The standard InChI is InChI=1S/C65H114N12O12S2/c1-41(2)31-49(69)64(88)77-54(36-48-38-70-40-71-48)65(89)76-53(37-59(82)83)58(81)35-47(39-90)63(87)75-51-24-14-12-10-8-7-9-11-13-23-50(55(78)32-44(21-15-18-27-66)60(84)72-43(5)42(3)4)73-61(85)45(22-16-19-28-67)33-56(79)52(25-17-20-29-68)74-62(86)46(26-30-91-6)34-57(51)80/h38,40-47,49-54,90H,7-37,39,66-69H2,1-6H3,(H,70,71)(H,72,84)(H,73,85)(H,74,86)(H,75,87)(H,76,89)(H,77,88)(H,82,83)/t43-,44-,45-,46-,47+,49+,50+,51+,52+,53+,54+/m1/s1. The smallest absolute Gasteiger partial charge is 0.305 e. The zero-order valence-corrected chi connectivity index (χ0v) is 57.0. The van der Waals surface area contributed by atoms with E-state index >= 15 is 0 Å². The maximum Gasteiger partial charge on any atom is 0.305 e. The molecule has 518 valence electrons. The maximum atomic E-state index is 14.7. The third kappa shape index (κ3) is 33.4. The van der Waals surface area contributed by atoms with Crippen LogP contribution in [-0.4, -0.2) is 159 Å². The Bertz CT molecular complexity index is 2380. The van der Waals surface area contributed by atoms with E-state index in [1.54, 1.807) is 0 Å². The van der Waals surface area contributed by atoms with Gasteiger partial charge in [0.2, 0.25) is 35.4 Å². The van der Waals surface area contributed by atoms with Gasteiger partial charge in [-0.2, -0.15) is 24.4 Å². The molecule has 1 aliphatic heterocycles. The van der Waals surface area contributed by atoms with Crippen molar-refractivity contribution in [2.75, 3.05) is 37.4 Å². The van der Waals surface area contributed by atoms with E-state index in [0.717, 1.165) is 32.1 Å². The maximum absolute atomic E-state index is 14.7. The number of hydrogen-bond acceptors (Lipinski definition) is 18. The number of nitrogens with one attached hydrogen (secondary N) is 7. The van der Waals surface area contributed by atoms with Crippen molar-refractivity contribution in [1.29, 1.82) is 0 Å². The fourth-order valence-electron chi connectivity index (χ4n) is 11.1. The van der Waals surface area contributed by atoms with Gasteiger partial charge in [0.15, 0.2) is 23.1 Å². The molecule has 0 aromatic carbocycles. The number of hydrogen-bond donors (Lipinski definition) is 13. The Morgan fingerprint density at radius 3 is 1.84 bits per heavy atom. The van der Waals surface area contributed by atoms with Gasteiger partial charge in [-0.15, -0.1) is 0 Å². The number of aromatic nitrogens is 2. The number of thiol groups is 1. The summed E-state index contributed by atoms with van der Waals surface area (Å²) in [5, 5.41) is 27.0. The highest BCUT2D eigenvalue weighted by Gasteiger charge is 2.37. The van der Waals surface area contributed by atoms with E-state index in [-0.39, 0.29) is 86.7 Å². The zero-order chi connectivity index (χ0) is 67.8. The summed E-state index contributed by atoms with van der Waals surface area (Å²) in [5.74, 6) is -10.1. The van der Waals surface area contributed by atoms with E-state index in [4.69, 9.17) is 22.9 Å². The third-order valence-corrected chi connectivity index (χ3v) is 18.2. The number of unbranched alkanes of at least 4 members (excludes halogenated alkanes) is 3. The van der Waals surface area contributed by atoms with Gasteiger partial charge in [-0.3, -0.25) is 52.7 Å². The Labute approximate surface area is 550 Å². The van der Waals surface area contributed by atoms with Crippen LogP contribution in [0.15, 0.2) is 12.5 Å². The molecule has 0 spiro atoms. The van der Waals surface area contributed by atoms with E-state index in [1.807, 2.05) is 40.9 Å². The Balaban J connectivity index is 2.56. The predicted molar refractivity (Wildman–Crippen MR) is 358 cm³/mol. The minimum absolute atomic E-state index is 0.0553. The van der Waals surface area contributed by atoms with Crippen LogP contribution in [0.2, 0.25) is 0 Å². The summed E-state index contributed by atoms with van der Waals surface area (Å²) in [4.78, 5) is 161. The van der Waals surface area contributed by atoms with Gasteiger partial charge < -0.3 is 64.9 Å². The number of amides is 6. The van der Waals surface area contributed by atoms with Crippen molar-refractivity contribution in [1.82, 2.24) is 41.9 Å². The number of H-pyrrole nitrogens is 1. The highest BCUT2D eigenvalue weighted by Crippen LogP contribution is 2.24. The first-order valence-electron chi connectivity index (χ1n) is 33.5. The quantitative estimate of drug-likeness (QED) is 0.0318. The number of carbonyl (C=O) groups is 11.